The molecule has 0 bridgehead atoms. The molecular weight excluding hydrogens is 180 g/mol. The van der Waals surface area contributed by atoms with Gasteiger partial charge in [0.1, 0.15) is 5.76 Å². The summed E-state index contributed by atoms with van der Waals surface area (Å²) in [5.41, 5.74) is 6.48. The average molecular weight is 194 g/mol. The van der Waals surface area contributed by atoms with Crippen LogP contribution in [0, 0.1) is 18.8 Å². The third kappa shape index (κ3) is 1.04. The van der Waals surface area contributed by atoms with E-state index in [9.17, 15) is 0 Å². The van der Waals surface area contributed by atoms with Gasteiger partial charge in [-0.25, -0.2) is 4.98 Å². The number of hydrogen-bond donors (Lipinski definition) is 1. The Morgan fingerprint density at radius 2 is 2.14 bits per heavy atom. The molecule has 14 heavy (non-hydrogen) atoms. The highest BCUT2D eigenvalue weighted by atomic mass is 16.5. The molecule has 4 nitrogen and oxygen atoms in total. The Labute approximate surface area is 82.4 Å². The van der Waals surface area contributed by atoms with E-state index >= 15 is 0 Å². The molecule has 2 N–H and O–H groups in total. The van der Waals surface area contributed by atoms with E-state index in [2.05, 4.69) is 4.98 Å². The van der Waals surface area contributed by atoms with Gasteiger partial charge in [-0.2, -0.15) is 0 Å². The zero-order valence-corrected chi connectivity index (χ0v) is 8.19. The highest BCUT2D eigenvalue weighted by molar-refractivity contribution is 5.19. The van der Waals surface area contributed by atoms with Crippen LogP contribution in [0.4, 0.5) is 0 Å². The first-order valence-corrected chi connectivity index (χ1v) is 5.05. The largest absolute Gasteiger partial charge is 0.444 e. The van der Waals surface area contributed by atoms with Gasteiger partial charge in [-0.15, -0.1) is 0 Å². The van der Waals surface area contributed by atoms with Crippen LogP contribution in [0.15, 0.2) is 4.42 Å². The van der Waals surface area contributed by atoms with Crippen molar-refractivity contribution in [1.29, 1.82) is 0 Å². The fourth-order valence-electron chi connectivity index (χ4n) is 2.39. The number of rotatable bonds is 2. The number of hydrogen-bond acceptors (Lipinski definition) is 4. The molecule has 1 aliphatic heterocycles. The molecule has 2 aliphatic rings. The monoisotopic (exact) mass is 194 g/mol. The summed E-state index contributed by atoms with van der Waals surface area (Å²) in [5, 5.41) is 0. The van der Waals surface area contributed by atoms with E-state index in [0.717, 1.165) is 30.6 Å². The van der Waals surface area contributed by atoms with Crippen LogP contribution in [-0.2, 0) is 11.3 Å². The summed E-state index contributed by atoms with van der Waals surface area (Å²) >= 11 is 0. The molecule has 1 aliphatic carbocycles. The number of aryl methyl sites for hydroxylation is 1. The van der Waals surface area contributed by atoms with E-state index in [0.29, 0.717) is 24.3 Å². The molecule has 1 aromatic heterocycles. The summed E-state index contributed by atoms with van der Waals surface area (Å²) in [6.45, 7) is 4.13. The zero-order chi connectivity index (χ0) is 9.71. The van der Waals surface area contributed by atoms with E-state index in [4.69, 9.17) is 14.9 Å². The molecule has 0 radical (unpaired) electrons. The van der Waals surface area contributed by atoms with Gasteiger partial charge in [0.05, 0.1) is 25.5 Å². The van der Waals surface area contributed by atoms with Crippen molar-refractivity contribution < 1.29 is 9.15 Å². The molecule has 2 atom stereocenters. The molecule has 1 saturated carbocycles. The van der Waals surface area contributed by atoms with Crippen molar-refractivity contribution in [1.82, 2.24) is 4.98 Å². The molecule has 1 aromatic rings. The van der Waals surface area contributed by atoms with E-state index in [1.54, 1.807) is 0 Å². The number of oxazole rings is 1. The maximum Gasteiger partial charge on any atom is 0.198 e. The van der Waals surface area contributed by atoms with E-state index < -0.39 is 0 Å². The topological polar surface area (TPSA) is 61.3 Å². The quantitative estimate of drug-likeness (QED) is 0.756. The minimum Gasteiger partial charge on any atom is -0.444 e. The Hall–Kier alpha value is -0.870. The molecule has 2 fully saturated rings. The maximum atomic E-state index is 5.63. The first-order chi connectivity index (χ1) is 6.81. The van der Waals surface area contributed by atoms with Crippen molar-refractivity contribution >= 4 is 0 Å². The number of nitrogens with zero attached hydrogens (tertiary/aromatic N) is 1. The van der Waals surface area contributed by atoms with Crippen LogP contribution < -0.4 is 5.73 Å². The molecule has 76 valence electrons. The molecule has 2 heterocycles. The predicted molar refractivity (Wildman–Crippen MR) is 49.7 cm³/mol. The second-order valence-corrected chi connectivity index (χ2v) is 4.16. The lowest BCUT2D eigenvalue weighted by atomic mass is 10.3. The first kappa shape index (κ1) is 8.44. The normalized spacial score (nSPS) is 34.6. The lowest BCUT2D eigenvalue weighted by Gasteiger charge is -1.98. The van der Waals surface area contributed by atoms with Crippen LogP contribution in [0.1, 0.15) is 23.3 Å². The SMILES string of the molecule is Cc1nc(C2C3COCC32)oc1CN. The van der Waals surface area contributed by atoms with Crippen LogP contribution in [0.25, 0.3) is 0 Å². The van der Waals surface area contributed by atoms with Gasteiger partial charge >= 0.3 is 0 Å². The standard InChI is InChI=1S/C10H14N2O2/c1-5-8(2-11)14-10(12-5)9-6-3-13-4-7(6)9/h6-7,9H,2-4,11H2,1H3. The predicted octanol–water partition coefficient (Wildman–Crippen LogP) is 0.802. The maximum absolute atomic E-state index is 5.63. The Balaban J connectivity index is 1.84. The van der Waals surface area contributed by atoms with Crippen molar-refractivity contribution in [2.45, 2.75) is 19.4 Å². The van der Waals surface area contributed by atoms with E-state index in [-0.39, 0.29) is 0 Å². The van der Waals surface area contributed by atoms with Crippen LogP contribution in [0.2, 0.25) is 0 Å². The summed E-state index contributed by atoms with van der Waals surface area (Å²) < 4.78 is 11.0. The lowest BCUT2D eigenvalue weighted by Crippen LogP contribution is -1.97. The second-order valence-electron chi connectivity index (χ2n) is 4.16. The van der Waals surface area contributed by atoms with Crippen LogP contribution in [0.3, 0.4) is 0 Å². The Kier molecular flexibility index (Phi) is 1.69. The lowest BCUT2D eigenvalue weighted by molar-refractivity contribution is 0.156. The average Bonchev–Trinajstić information content (AvgIpc) is 2.60. The van der Waals surface area contributed by atoms with Crippen molar-refractivity contribution in [3.63, 3.8) is 0 Å². The molecule has 2 unspecified atom stereocenters. The summed E-state index contributed by atoms with van der Waals surface area (Å²) in [7, 11) is 0. The van der Waals surface area contributed by atoms with Gasteiger partial charge in [0.15, 0.2) is 5.89 Å². The molecule has 3 rings (SSSR count). The van der Waals surface area contributed by atoms with Gasteiger partial charge in [0.25, 0.3) is 0 Å². The van der Waals surface area contributed by atoms with Gasteiger partial charge in [0, 0.05) is 5.92 Å². The van der Waals surface area contributed by atoms with Gasteiger partial charge in [-0.3, -0.25) is 0 Å². The molecular formula is C10H14N2O2. The summed E-state index contributed by atoms with van der Waals surface area (Å²) in [4.78, 5) is 4.42. The molecule has 0 amide bonds. The van der Waals surface area contributed by atoms with Gasteiger partial charge in [-0.1, -0.05) is 0 Å². The van der Waals surface area contributed by atoms with E-state index in [1.807, 2.05) is 6.92 Å². The number of nitrogens with two attached hydrogens (primary N) is 1. The Morgan fingerprint density at radius 3 is 2.71 bits per heavy atom. The Bertz CT molecular complexity index is 351. The molecule has 0 spiro atoms. The van der Waals surface area contributed by atoms with Crippen LogP contribution >= 0.6 is 0 Å². The number of aromatic nitrogens is 1. The smallest absolute Gasteiger partial charge is 0.198 e. The summed E-state index contributed by atoms with van der Waals surface area (Å²) in [5.74, 6) is 3.51. The van der Waals surface area contributed by atoms with Crippen molar-refractivity contribution in [3.05, 3.63) is 17.3 Å². The van der Waals surface area contributed by atoms with E-state index in [1.165, 1.54) is 0 Å². The third-order valence-electron chi connectivity index (χ3n) is 3.33. The van der Waals surface area contributed by atoms with Gasteiger partial charge in [0.2, 0.25) is 0 Å². The first-order valence-electron chi connectivity index (χ1n) is 5.05. The van der Waals surface area contributed by atoms with Crippen molar-refractivity contribution in [3.8, 4) is 0 Å². The number of ether oxygens (including phenoxy) is 1. The Morgan fingerprint density at radius 1 is 1.43 bits per heavy atom. The minimum atomic E-state index is 0.442. The molecule has 1 saturated heterocycles. The minimum absolute atomic E-state index is 0.442. The fraction of sp³-hybridized carbons (Fsp3) is 0.700. The van der Waals surface area contributed by atoms with Crippen LogP contribution in [-0.4, -0.2) is 18.2 Å². The van der Waals surface area contributed by atoms with Crippen molar-refractivity contribution in [2.75, 3.05) is 13.2 Å². The highest BCUT2D eigenvalue weighted by Gasteiger charge is 2.57. The second kappa shape index (κ2) is 2.81. The van der Waals surface area contributed by atoms with Crippen LogP contribution in [0.5, 0.6) is 0 Å². The third-order valence-corrected chi connectivity index (χ3v) is 3.33. The molecule has 4 heteroatoms. The number of fused-ring (bicyclic) bond motifs is 1. The highest BCUT2D eigenvalue weighted by Crippen LogP contribution is 2.57. The summed E-state index contributed by atoms with van der Waals surface area (Å²) in [6, 6.07) is 0. The van der Waals surface area contributed by atoms with Crippen molar-refractivity contribution in [2.24, 2.45) is 17.6 Å². The van der Waals surface area contributed by atoms with Gasteiger partial charge < -0.3 is 14.9 Å². The molecule has 0 aromatic carbocycles. The fourth-order valence-corrected chi connectivity index (χ4v) is 2.39. The zero-order valence-electron chi connectivity index (χ0n) is 8.19. The summed E-state index contributed by atoms with van der Waals surface area (Å²) in [6.07, 6.45) is 0. The van der Waals surface area contributed by atoms with Gasteiger partial charge in [-0.05, 0) is 18.8 Å².